The molecule has 1 heterocycles. The normalized spacial score (nSPS) is 11.3. The van der Waals surface area contributed by atoms with Crippen LogP contribution in [0.1, 0.15) is 0 Å². The molecular formula is C13H12F3N5O2. The Hall–Kier alpha value is -2.91. The summed E-state index contributed by atoms with van der Waals surface area (Å²) in [6.07, 6.45) is -2.89. The Morgan fingerprint density at radius 1 is 1.30 bits per heavy atom. The third kappa shape index (κ3) is 4.28. The van der Waals surface area contributed by atoms with Crippen molar-refractivity contribution in [3.8, 4) is 0 Å². The highest BCUT2D eigenvalue weighted by Gasteiger charge is 2.27. The van der Waals surface area contributed by atoms with Crippen molar-refractivity contribution in [3.63, 3.8) is 0 Å². The van der Waals surface area contributed by atoms with E-state index in [1.54, 1.807) is 0 Å². The molecule has 122 valence electrons. The van der Waals surface area contributed by atoms with Crippen LogP contribution in [0.3, 0.4) is 0 Å². The first-order valence-corrected chi connectivity index (χ1v) is 6.42. The highest BCUT2D eigenvalue weighted by Crippen LogP contribution is 2.26. The first-order valence-electron chi connectivity index (χ1n) is 6.42. The van der Waals surface area contributed by atoms with Gasteiger partial charge in [-0.25, -0.2) is 4.98 Å². The summed E-state index contributed by atoms with van der Waals surface area (Å²) >= 11 is 0. The summed E-state index contributed by atoms with van der Waals surface area (Å²) in [6, 6.07) is 3.83. The monoisotopic (exact) mass is 327 g/mol. The van der Waals surface area contributed by atoms with Crippen LogP contribution >= 0.6 is 0 Å². The molecule has 0 aliphatic rings. The van der Waals surface area contributed by atoms with Gasteiger partial charge in [0.15, 0.2) is 0 Å². The number of nitrogens with zero attached hydrogens (tertiary/aromatic N) is 3. The highest BCUT2D eigenvalue weighted by molar-refractivity contribution is 5.91. The molecule has 10 heteroatoms. The third-order valence-corrected chi connectivity index (χ3v) is 2.75. The van der Waals surface area contributed by atoms with E-state index in [9.17, 15) is 23.3 Å². The average Bonchev–Trinajstić information content (AvgIpc) is 2.49. The summed E-state index contributed by atoms with van der Waals surface area (Å²) in [6.45, 7) is 2.51. The molecule has 0 radical (unpaired) electrons. The molecule has 1 aromatic carbocycles. The van der Waals surface area contributed by atoms with E-state index in [0.29, 0.717) is 5.39 Å². The van der Waals surface area contributed by atoms with Gasteiger partial charge in [-0.15, -0.1) is 6.58 Å². The Morgan fingerprint density at radius 2 is 2.04 bits per heavy atom. The van der Waals surface area contributed by atoms with E-state index < -0.39 is 17.6 Å². The topological polar surface area (TPSA) is 93.0 Å². The highest BCUT2D eigenvalue weighted by atomic mass is 19.4. The number of nitro benzene ring substituents is 1. The van der Waals surface area contributed by atoms with Crippen LogP contribution in [0.5, 0.6) is 0 Å². The first kappa shape index (κ1) is 16.5. The number of fused-ring (bicyclic) bond motifs is 1. The Morgan fingerprint density at radius 3 is 2.65 bits per heavy atom. The van der Waals surface area contributed by atoms with Crippen LogP contribution in [0, 0.1) is 10.1 Å². The number of non-ortho nitro benzene ring substituents is 1. The number of nitro groups is 1. The molecule has 0 atom stereocenters. The molecule has 7 nitrogen and oxygen atoms in total. The lowest BCUT2D eigenvalue weighted by Crippen LogP contribution is -2.22. The van der Waals surface area contributed by atoms with Crippen LogP contribution in [-0.4, -0.2) is 34.2 Å². The summed E-state index contributed by atoms with van der Waals surface area (Å²) in [7, 11) is 0. The molecule has 0 amide bonds. The zero-order chi connectivity index (χ0) is 17.0. The van der Waals surface area contributed by atoms with Gasteiger partial charge in [-0.1, -0.05) is 6.08 Å². The van der Waals surface area contributed by atoms with Gasteiger partial charge in [0.25, 0.3) is 5.69 Å². The standard InChI is InChI=1S/C13H12F3N5O2/c1-2-5-17-11-9-6-8(21(22)23)3-4-10(9)19-12(20-11)18-7-13(14,15)16/h2-4,6H,1,5,7H2,(H2,17,18,19,20). The predicted molar refractivity (Wildman–Crippen MR) is 79.4 cm³/mol. The van der Waals surface area contributed by atoms with Crippen molar-refractivity contribution in [2.24, 2.45) is 0 Å². The minimum absolute atomic E-state index is 0.168. The fraction of sp³-hybridized carbons (Fsp3) is 0.231. The number of hydrogen-bond acceptors (Lipinski definition) is 6. The Labute approximate surface area is 128 Å². The Kier molecular flexibility index (Phi) is 4.63. The second kappa shape index (κ2) is 6.46. The van der Waals surface area contributed by atoms with Gasteiger partial charge in [0.05, 0.1) is 10.4 Å². The van der Waals surface area contributed by atoms with E-state index in [4.69, 9.17) is 0 Å². The molecule has 23 heavy (non-hydrogen) atoms. The van der Waals surface area contributed by atoms with Crippen molar-refractivity contribution in [1.29, 1.82) is 0 Å². The molecule has 2 N–H and O–H groups in total. The van der Waals surface area contributed by atoms with Gasteiger partial charge in [-0.05, 0) is 6.07 Å². The van der Waals surface area contributed by atoms with E-state index in [1.165, 1.54) is 24.3 Å². The second-order valence-corrected chi connectivity index (χ2v) is 4.49. The molecule has 1 aromatic heterocycles. The number of hydrogen-bond donors (Lipinski definition) is 2. The lowest BCUT2D eigenvalue weighted by molar-refractivity contribution is -0.384. The molecule has 0 spiro atoms. The van der Waals surface area contributed by atoms with Gasteiger partial charge in [-0.3, -0.25) is 10.1 Å². The number of nitrogens with one attached hydrogen (secondary N) is 2. The third-order valence-electron chi connectivity index (χ3n) is 2.75. The number of benzene rings is 1. The van der Waals surface area contributed by atoms with Crippen molar-refractivity contribution >= 4 is 28.4 Å². The number of alkyl halides is 3. The molecule has 2 rings (SSSR count). The SMILES string of the molecule is C=CCNc1nc(NCC(F)(F)F)nc2ccc([N+](=O)[O-])cc12. The van der Waals surface area contributed by atoms with Crippen LogP contribution in [0.2, 0.25) is 0 Å². The summed E-state index contributed by atoms with van der Waals surface area (Å²) in [4.78, 5) is 18.1. The maximum absolute atomic E-state index is 12.3. The molecule has 0 aliphatic heterocycles. The molecule has 0 aliphatic carbocycles. The quantitative estimate of drug-likeness (QED) is 0.481. The van der Waals surface area contributed by atoms with Crippen molar-refractivity contribution in [2.45, 2.75) is 6.18 Å². The van der Waals surface area contributed by atoms with E-state index in [0.717, 1.165) is 0 Å². The van der Waals surface area contributed by atoms with E-state index in [1.807, 2.05) is 0 Å². The number of aromatic nitrogens is 2. The lowest BCUT2D eigenvalue weighted by Gasteiger charge is -2.12. The molecule has 0 saturated heterocycles. The van der Waals surface area contributed by atoms with E-state index in [2.05, 4.69) is 27.2 Å². The molecule has 0 unspecified atom stereocenters. The van der Waals surface area contributed by atoms with Crippen molar-refractivity contribution in [1.82, 2.24) is 9.97 Å². The van der Waals surface area contributed by atoms with Gasteiger partial charge in [0.2, 0.25) is 5.95 Å². The van der Waals surface area contributed by atoms with Crippen LogP contribution in [0.25, 0.3) is 10.9 Å². The van der Waals surface area contributed by atoms with Crippen molar-refractivity contribution in [3.05, 3.63) is 41.0 Å². The smallest absolute Gasteiger partial charge is 0.366 e. The van der Waals surface area contributed by atoms with Gasteiger partial charge >= 0.3 is 6.18 Å². The maximum Gasteiger partial charge on any atom is 0.405 e. The first-order chi connectivity index (χ1) is 10.8. The largest absolute Gasteiger partial charge is 0.405 e. The molecule has 0 saturated carbocycles. The minimum Gasteiger partial charge on any atom is -0.366 e. The number of halogens is 3. The molecule has 0 bridgehead atoms. The summed E-state index contributed by atoms with van der Waals surface area (Å²) < 4.78 is 36.8. The molecule has 0 fully saturated rings. The zero-order valence-electron chi connectivity index (χ0n) is 11.7. The van der Waals surface area contributed by atoms with Crippen molar-refractivity contribution in [2.75, 3.05) is 23.7 Å². The maximum atomic E-state index is 12.3. The van der Waals surface area contributed by atoms with Gasteiger partial charge in [0.1, 0.15) is 12.4 Å². The van der Waals surface area contributed by atoms with Crippen LogP contribution < -0.4 is 10.6 Å². The van der Waals surface area contributed by atoms with Gasteiger partial charge in [0, 0.05) is 24.1 Å². The van der Waals surface area contributed by atoms with E-state index in [-0.39, 0.29) is 29.5 Å². The van der Waals surface area contributed by atoms with Gasteiger partial charge < -0.3 is 10.6 Å². The van der Waals surface area contributed by atoms with Gasteiger partial charge in [-0.2, -0.15) is 18.2 Å². The Bertz CT molecular complexity index is 748. The number of anilines is 2. The summed E-state index contributed by atoms with van der Waals surface area (Å²) in [5.74, 6) is -0.0430. The zero-order valence-corrected chi connectivity index (χ0v) is 11.7. The minimum atomic E-state index is -4.41. The molecular weight excluding hydrogens is 315 g/mol. The van der Waals surface area contributed by atoms with Crippen molar-refractivity contribution < 1.29 is 18.1 Å². The lowest BCUT2D eigenvalue weighted by atomic mass is 10.2. The summed E-state index contributed by atoms with van der Waals surface area (Å²) in [5.41, 5.74) is 0.112. The van der Waals surface area contributed by atoms with E-state index >= 15 is 0 Å². The van der Waals surface area contributed by atoms with Crippen LogP contribution in [0.4, 0.5) is 30.6 Å². The fourth-order valence-corrected chi connectivity index (χ4v) is 1.79. The second-order valence-electron chi connectivity index (χ2n) is 4.49. The predicted octanol–water partition coefficient (Wildman–Crippen LogP) is 3.11. The fourth-order valence-electron chi connectivity index (χ4n) is 1.79. The number of rotatable bonds is 6. The summed E-state index contributed by atoms with van der Waals surface area (Å²) in [5, 5.41) is 16.1. The van der Waals surface area contributed by atoms with Crippen LogP contribution in [0.15, 0.2) is 30.9 Å². The van der Waals surface area contributed by atoms with Crippen LogP contribution in [-0.2, 0) is 0 Å². The molecule has 2 aromatic rings. The Balaban J connectivity index is 2.45. The average molecular weight is 327 g/mol.